The smallest absolute Gasteiger partial charge is 0.0467 e. The van der Waals surface area contributed by atoms with Crippen LogP contribution in [0.2, 0.25) is 0 Å². The second-order valence-corrected chi connectivity index (χ2v) is 5.01. The van der Waals surface area contributed by atoms with Crippen LogP contribution in [0.4, 0.5) is 0 Å². The average molecular weight is 227 g/mol. The van der Waals surface area contributed by atoms with Gasteiger partial charge in [-0.05, 0) is 50.3 Å². The van der Waals surface area contributed by atoms with Crippen molar-refractivity contribution in [3.63, 3.8) is 0 Å². The average Bonchev–Trinajstić information content (AvgIpc) is 2.25. The molecule has 17 heavy (non-hydrogen) atoms. The van der Waals surface area contributed by atoms with Crippen LogP contribution in [0.15, 0.2) is 12.1 Å². The van der Waals surface area contributed by atoms with Crippen LogP contribution in [-0.4, -0.2) is 0 Å². The second kappa shape index (κ2) is 6.50. The molecule has 0 saturated carbocycles. The molecule has 0 N–H and O–H groups in total. The van der Waals surface area contributed by atoms with Crippen molar-refractivity contribution in [1.82, 2.24) is 0 Å². The Morgan fingerprint density at radius 1 is 1.12 bits per heavy atom. The third-order valence-electron chi connectivity index (χ3n) is 3.36. The molecule has 0 aliphatic carbocycles. The Labute approximate surface area is 106 Å². The fraction of sp³-hybridized carbons (Fsp3) is 0.529. The molecule has 0 amide bonds. The summed E-state index contributed by atoms with van der Waals surface area (Å²) in [5.74, 6) is 2.91. The molecule has 0 spiro atoms. The SMILES string of the molecule is [C]#CC(CCCCC)c1c(C)cc(C)cc1C. The van der Waals surface area contributed by atoms with E-state index >= 15 is 0 Å². The van der Waals surface area contributed by atoms with Gasteiger partial charge in [0.05, 0.1) is 0 Å². The number of rotatable bonds is 5. The quantitative estimate of drug-likeness (QED) is 0.497. The molecule has 0 aromatic heterocycles. The first kappa shape index (κ1) is 13.8. The van der Waals surface area contributed by atoms with Gasteiger partial charge in [-0.25, -0.2) is 0 Å². The van der Waals surface area contributed by atoms with Crippen LogP contribution in [-0.2, 0) is 0 Å². The van der Waals surface area contributed by atoms with E-state index in [2.05, 4.69) is 45.7 Å². The van der Waals surface area contributed by atoms with Crippen LogP contribution < -0.4 is 0 Å². The van der Waals surface area contributed by atoms with Gasteiger partial charge in [0.1, 0.15) is 0 Å². The molecule has 1 rings (SSSR count). The lowest BCUT2D eigenvalue weighted by molar-refractivity contribution is 0.634. The maximum Gasteiger partial charge on any atom is 0.0467 e. The number of unbranched alkanes of at least 4 members (excludes halogenated alkanes) is 2. The Hall–Kier alpha value is -1.22. The Bertz CT molecular complexity index is 384. The number of aryl methyl sites for hydroxylation is 3. The normalized spacial score (nSPS) is 12.2. The molecule has 0 fully saturated rings. The second-order valence-electron chi connectivity index (χ2n) is 5.01. The predicted octanol–water partition coefficient (Wildman–Crippen LogP) is 4.87. The van der Waals surface area contributed by atoms with Crippen molar-refractivity contribution in [1.29, 1.82) is 0 Å². The van der Waals surface area contributed by atoms with Gasteiger partial charge in [-0.2, -0.15) is 0 Å². The highest BCUT2D eigenvalue weighted by atomic mass is 14.2. The van der Waals surface area contributed by atoms with Gasteiger partial charge in [0.25, 0.3) is 0 Å². The van der Waals surface area contributed by atoms with E-state index in [4.69, 9.17) is 6.42 Å². The van der Waals surface area contributed by atoms with Crippen molar-refractivity contribution in [2.24, 2.45) is 0 Å². The molecular formula is C17H23. The number of benzene rings is 1. The maximum atomic E-state index is 7.53. The van der Waals surface area contributed by atoms with Gasteiger partial charge in [0.15, 0.2) is 0 Å². The maximum absolute atomic E-state index is 7.53. The highest BCUT2D eigenvalue weighted by Crippen LogP contribution is 2.28. The summed E-state index contributed by atoms with van der Waals surface area (Å²) in [4.78, 5) is 0. The Morgan fingerprint density at radius 3 is 2.18 bits per heavy atom. The molecule has 1 unspecified atom stereocenters. The van der Waals surface area contributed by atoms with Crippen LogP contribution in [0.3, 0.4) is 0 Å². The van der Waals surface area contributed by atoms with E-state index in [0.29, 0.717) is 0 Å². The summed E-state index contributed by atoms with van der Waals surface area (Å²) in [5.41, 5.74) is 5.25. The molecular weight excluding hydrogens is 204 g/mol. The number of hydrogen-bond donors (Lipinski definition) is 0. The molecule has 1 aromatic carbocycles. The third-order valence-corrected chi connectivity index (χ3v) is 3.36. The summed E-state index contributed by atoms with van der Waals surface area (Å²) >= 11 is 0. The van der Waals surface area contributed by atoms with Gasteiger partial charge < -0.3 is 0 Å². The molecule has 1 aromatic rings. The van der Waals surface area contributed by atoms with E-state index in [1.807, 2.05) is 0 Å². The van der Waals surface area contributed by atoms with Gasteiger partial charge in [0, 0.05) is 5.92 Å². The van der Waals surface area contributed by atoms with E-state index in [1.54, 1.807) is 0 Å². The lowest BCUT2D eigenvalue weighted by Crippen LogP contribution is -2.02. The summed E-state index contributed by atoms with van der Waals surface area (Å²) in [6.07, 6.45) is 12.3. The van der Waals surface area contributed by atoms with Crippen molar-refractivity contribution in [3.05, 3.63) is 40.8 Å². The van der Waals surface area contributed by atoms with E-state index < -0.39 is 0 Å². The standard InChI is InChI=1S/C17H23/c1-6-8-9-10-16(7-2)17-14(4)11-13(3)12-15(17)5/h11-12,16H,6,8-10H2,1,3-5H3. The summed E-state index contributed by atoms with van der Waals surface area (Å²) in [6.45, 7) is 8.65. The molecule has 0 nitrogen and oxygen atoms in total. The summed E-state index contributed by atoms with van der Waals surface area (Å²) in [7, 11) is 0. The summed E-state index contributed by atoms with van der Waals surface area (Å²) in [6, 6.07) is 4.43. The Balaban J connectivity index is 2.93. The van der Waals surface area contributed by atoms with Crippen LogP contribution in [0, 0.1) is 33.1 Å². The highest BCUT2D eigenvalue weighted by Gasteiger charge is 2.13. The molecule has 1 radical (unpaired) electrons. The molecule has 91 valence electrons. The van der Waals surface area contributed by atoms with Gasteiger partial charge in [0.2, 0.25) is 0 Å². The van der Waals surface area contributed by atoms with E-state index in [1.165, 1.54) is 41.5 Å². The van der Waals surface area contributed by atoms with Gasteiger partial charge in [-0.1, -0.05) is 49.8 Å². The fourth-order valence-electron chi connectivity index (χ4n) is 2.63. The zero-order chi connectivity index (χ0) is 12.8. The fourth-order valence-corrected chi connectivity index (χ4v) is 2.63. The Kier molecular flexibility index (Phi) is 5.29. The van der Waals surface area contributed by atoms with Crippen LogP contribution in [0.1, 0.15) is 60.8 Å². The van der Waals surface area contributed by atoms with E-state index in [0.717, 1.165) is 6.42 Å². The first-order valence-corrected chi connectivity index (χ1v) is 6.60. The topological polar surface area (TPSA) is 0 Å². The Morgan fingerprint density at radius 2 is 1.71 bits per heavy atom. The van der Waals surface area contributed by atoms with Crippen molar-refractivity contribution in [3.8, 4) is 5.92 Å². The number of hydrogen-bond acceptors (Lipinski definition) is 0. The molecule has 0 bridgehead atoms. The summed E-state index contributed by atoms with van der Waals surface area (Å²) < 4.78 is 0. The van der Waals surface area contributed by atoms with Gasteiger partial charge in [-0.3, -0.25) is 0 Å². The minimum atomic E-state index is 0.183. The largest absolute Gasteiger partial charge is 0.0809 e. The molecule has 0 heteroatoms. The minimum Gasteiger partial charge on any atom is -0.0809 e. The zero-order valence-corrected chi connectivity index (χ0v) is 11.6. The highest BCUT2D eigenvalue weighted by molar-refractivity contribution is 5.42. The third kappa shape index (κ3) is 3.63. The molecule has 1 atom stereocenters. The molecule has 0 heterocycles. The lowest BCUT2D eigenvalue weighted by atomic mass is 9.86. The summed E-state index contributed by atoms with van der Waals surface area (Å²) in [5, 5.41) is 0. The van der Waals surface area contributed by atoms with Crippen molar-refractivity contribution >= 4 is 0 Å². The van der Waals surface area contributed by atoms with Crippen molar-refractivity contribution in [2.45, 2.75) is 59.3 Å². The molecule has 0 aliphatic heterocycles. The zero-order valence-electron chi connectivity index (χ0n) is 11.6. The minimum absolute atomic E-state index is 0.183. The lowest BCUT2D eigenvalue weighted by Gasteiger charge is -2.17. The first-order chi connectivity index (χ1) is 8.10. The van der Waals surface area contributed by atoms with Crippen molar-refractivity contribution < 1.29 is 0 Å². The van der Waals surface area contributed by atoms with Gasteiger partial charge >= 0.3 is 0 Å². The molecule has 0 saturated heterocycles. The van der Waals surface area contributed by atoms with Crippen LogP contribution >= 0.6 is 0 Å². The predicted molar refractivity (Wildman–Crippen MR) is 74.7 cm³/mol. The molecule has 0 aliphatic rings. The van der Waals surface area contributed by atoms with Gasteiger partial charge in [-0.15, -0.1) is 0 Å². The first-order valence-electron chi connectivity index (χ1n) is 6.60. The monoisotopic (exact) mass is 227 g/mol. The van der Waals surface area contributed by atoms with E-state index in [9.17, 15) is 0 Å². The van der Waals surface area contributed by atoms with E-state index in [-0.39, 0.29) is 5.92 Å². The van der Waals surface area contributed by atoms with Crippen LogP contribution in [0.5, 0.6) is 0 Å². The van der Waals surface area contributed by atoms with Crippen molar-refractivity contribution in [2.75, 3.05) is 0 Å². The van der Waals surface area contributed by atoms with Crippen LogP contribution in [0.25, 0.3) is 0 Å².